The van der Waals surface area contributed by atoms with Crippen LogP contribution in [-0.2, 0) is 11.7 Å². The van der Waals surface area contributed by atoms with Gasteiger partial charge in [-0.05, 0) is 13.8 Å². The van der Waals surface area contributed by atoms with E-state index in [1.807, 2.05) is 0 Å². The second-order valence-electron chi connectivity index (χ2n) is 3.84. The summed E-state index contributed by atoms with van der Waals surface area (Å²) < 4.78 is 38.1. The fourth-order valence-corrected chi connectivity index (χ4v) is 1.91. The zero-order valence-electron chi connectivity index (χ0n) is 8.41. The molecule has 0 radical (unpaired) electrons. The molecule has 0 atom stereocenters. The molecule has 0 saturated carbocycles. The van der Waals surface area contributed by atoms with Gasteiger partial charge in [-0.1, -0.05) is 11.3 Å². The SMILES string of the molecule is CC(C)(N)c1nn2c(C(F)(F)F)nnc2s1. The highest BCUT2D eigenvalue weighted by Gasteiger charge is 2.38. The van der Waals surface area contributed by atoms with E-state index in [-0.39, 0.29) is 4.96 Å². The molecule has 0 spiro atoms. The van der Waals surface area contributed by atoms with E-state index in [2.05, 4.69) is 15.3 Å². The number of halogens is 3. The highest BCUT2D eigenvalue weighted by molar-refractivity contribution is 7.16. The van der Waals surface area contributed by atoms with E-state index in [0.717, 1.165) is 11.3 Å². The lowest BCUT2D eigenvalue weighted by Crippen LogP contribution is -2.28. The number of rotatable bonds is 1. The minimum Gasteiger partial charge on any atom is -0.320 e. The fraction of sp³-hybridized carbons (Fsp3) is 0.571. The summed E-state index contributed by atoms with van der Waals surface area (Å²) in [6.07, 6.45) is -4.57. The van der Waals surface area contributed by atoms with Crippen molar-refractivity contribution in [1.82, 2.24) is 19.8 Å². The molecule has 2 aromatic rings. The topological polar surface area (TPSA) is 69.1 Å². The van der Waals surface area contributed by atoms with E-state index in [1.165, 1.54) is 0 Å². The first-order valence-corrected chi connectivity index (χ1v) is 5.10. The van der Waals surface area contributed by atoms with Crippen molar-refractivity contribution >= 4 is 16.3 Å². The first kappa shape index (κ1) is 11.3. The van der Waals surface area contributed by atoms with Crippen molar-refractivity contribution < 1.29 is 13.2 Å². The van der Waals surface area contributed by atoms with Crippen LogP contribution >= 0.6 is 11.3 Å². The average Bonchev–Trinajstić information content (AvgIpc) is 2.53. The number of alkyl halides is 3. The largest absolute Gasteiger partial charge is 0.453 e. The Balaban J connectivity index is 2.61. The van der Waals surface area contributed by atoms with E-state index >= 15 is 0 Å². The summed E-state index contributed by atoms with van der Waals surface area (Å²) in [5.74, 6) is -1.13. The van der Waals surface area contributed by atoms with Crippen LogP contribution in [0.15, 0.2) is 0 Å². The van der Waals surface area contributed by atoms with Gasteiger partial charge in [-0.15, -0.1) is 10.2 Å². The molecule has 5 nitrogen and oxygen atoms in total. The van der Waals surface area contributed by atoms with E-state index in [9.17, 15) is 13.2 Å². The van der Waals surface area contributed by atoms with Crippen LogP contribution in [0.5, 0.6) is 0 Å². The molecule has 2 rings (SSSR count). The van der Waals surface area contributed by atoms with Crippen LogP contribution in [0.3, 0.4) is 0 Å². The molecular weight excluding hydrogens is 243 g/mol. The van der Waals surface area contributed by atoms with Gasteiger partial charge >= 0.3 is 6.18 Å². The number of hydrogen-bond acceptors (Lipinski definition) is 5. The molecule has 16 heavy (non-hydrogen) atoms. The summed E-state index contributed by atoms with van der Waals surface area (Å²) in [4.78, 5) is 0.0841. The molecule has 0 amide bonds. The third-order valence-corrected chi connectivity index (χ3v) is 3.03. The van der Waals surface area contributed by atoms with Crippen LogP contribution < -0.4 is 5.73 Å². The molecule has 88 valence electrons. The molecule has 0 aliphatic heterocycles. The summed E-state index contributed by atoms with van der Waals surface area (Å²) in [5, 5.41) is 10.6. The quantitative estimate of drug-likeness (QED) is 0.831. The summed E-state index contributed by atoms with van der Waals surface area (Å²) in [7, 11) is 0. The van der Waals surface area contributed by atoms with Crippen LogP contribution in [0, 0.1) is 0 Å². The molecular formula is C7H8F3N5S. The van der Waals surface area contributed by atoms with Crippen LogP contribution in [0.4, 0.5) is 13.2 Å². The molecule has 0 fully saturated rings. The Labute approximate surface area is 92.1 Å². The zero-order chi connectivity index (χ0) is 12.1. The monoisotopic (exact) mass is 251 g/mol. The van der Waals surface area contributed by atoms with Crippen LogP contribution in [0.25, 0.3) is 4.96 Å². The average molecular weight is 251 g/mol. The molecule has 0 aliphatic carbocycles. The van der Waals surface area contributed by atoms with Crippen LogP contribution in [-0.4, -0.2) is 19.8 Å². The van der Waals surface area contributed by atoms with Gasteiger partial charge in [0.2, 0.25) is 4.96 Å². The summed E-state index contributed by atoms with van der Waals surface area (Å²) in [6, 6.07) is 0. The van der Waals surface area contributed by atoms with Gasteiger partial charge in [0.25, 0.3) is 5.82 Å². The van der Waals surface area contributed by atoms with Crippen molar-refractivity contribution in [3.63, 3.8) is 0 Å². The second-order valence-corrected chi connectivity index (χ2v) is 4.80. The van der Waals surface area contributed by atoms with Crippen LogP contribution in [0.1, 0.15) is 24.7 Å². The normalized spacial score (nSPS) is 13.6. The molecule has 9 heteroatoms. The predicted octanol–water partition coefficient (Wildman–Crippen LogP) is 1.40. The number of nitrogens with two attached hydrogens (primary N) is 1. The number of hydrogen-bond donors (Lipinski definition) is 1. The predicted molar refractivity (Wildman–Crippen MR) is 50.9 cm³/mol. The highest BCUT2D eigenvalue weighted by atomic mass is 32.1. The van der Waals surface area contributed by atoms with Crippen molar-refractivity contribution in [1.29, 1.82) is 0 Å². The lowest BCUT2D eigenvalue weighted by atomic mass is 10.1. The van der Waals surface area contributed by atoms with Gasteiger partial charge in [-0.25, -0.2) is 0 Å². The number of nitrogens with zero attached hydrogens (tertiary/aromatic N) is 4. The highest BCUT2D eigenvalue weighted by Crippen LogP contribution is 2.30. The first-order chi connectivity index (χ1) is 7.19. The maximum Gasteiger partial charge on any atom is 0.453 e. The van der Waals surface area contributed by atoms with Crippen LogP contribution in [0.2, 0.25) is 0 Å². The zero-order valence-corrected chi connectivity index (χ0v) is 9.22. The minimum absolute atomic E-state index is 0.0841. The Morgan fingerprint density at radius 1 is 1.25 bits per heavy atom. The number of aromatic nitrogens is 4. The molecule has 0 unspecified atom stereocenters. The van der Waals surface area contributed by atoms with Crippen molar-refractivity contribution in [3.05, 3.63) is 10.8 Å². The lowest BCUT2D eigenvalue weighted by Gasteiger charge is -2.12. The van der Waals surface area contributed by atoms with Gasteiger partial charge in [0.1, 0.15) is 5.01 Å². The molecule has 2 N–H and O–H groups in total. The molecule has 2 heterocycles. The van der Waals surface area contributed by atoms with Crippen molar-refractivity contribution in [2.75, 3.05) is 0 Å². The Kier molecular flexibility index (Phi) is 2.21. The smallest absolute Gasteiger partial charge is 0.320 e. The summed E-state index contributed by atoms with van der Waals surface area (Å²) in [6.45, 7) is 3.32. The molecule has 0 aliphatic rings. The molecule has 2 aromatic heterocycles. The lowest BCUT2D eigenvalue weighted by molar-refractivity contribution is -0.146. The standard InChI is InChI=1S/C7H8F3N5S/c1-6(2,11)4-14-15-3(7(8,9)10)12-13-5(15)16-4/h11H2,1-2H3. The Hall–Kier alpha value is -1.22. The van der Waals surface area contributed by atoms with E-state index in [1.54, 1.807) is 13.8 Å². The molecule has 0 aromatic carbocycles. The Bertz CT molecular complexity index is 520. The van der Waals surface area contributed by atoms with E-state index < -0.39 is 17.5 Å². The van der Waals surface area contributed by atoms with Crippen molar-refractivity contribution in [3.8, 4) is 0 Å². The second kappa shape index (κ2) is 3.14. The van der Waals surface area contributed by atoms with E-state index in [4.69, 9.17) is 5.73 Å². The third-order valence-electron chi connectivity index (χ3n) is 1.80. The van der Waals surface area contributed by atoms with Crippen molar-refractivity contribution in [2.45, 2.75) is 25.6 Å². The Morgan fingerprint density at radius 3 is 2.38 bits per heavy atom. The van der Waals surface area contributed by atoms with Gasteiger partial charge in [0, 0.05) is 0 Å². The van der Waals surface area contributed by atoms with Gasteiger partial charge in [-0.3, -0.25) is 0 Å². The van der Waals surface area contributed by atoms with E-state index in [0.29, 0.717) is 9.52 Å². The molecule has 0 saturated heterocycles. The Morgan fingerprint density at radius 2 is 1.88 bits per heavy atom. The third kappa shape index (κ3) is 1.76. The summed E-state index contributed by atoms with van der Waals surface area (Å²) in [5.41, 5.74) is 4.95. The summed E-state index contributed by atoms with van der Waals surface area (Å²) >= 11 is 0.994. The van der Waals surface area contributed by atoms with Crippen molar-refractivity contribution in [2.24, 2.45) is 5.73 Å². The minimum atomic E-state index is -4.57. The molecule has 0 bridgehead atoms. The van der Waals surface area contributed by atoms with Gasteiger partial charge < -0.3 is 5.73 Å². The number of fused-ring (bicyclic) bond motifs is 1. The van der Waals surface area contributed by atoms with Gasteiger partial charge in [0.05, 0.1) is 5.54 Å². The fourth-order valence-electron chi connectivity index (χ4n) is 1.05. The maximum atomic E-state index is 12.5. The van der Waals surface area contributed by atoms with Gasteiger partial charge in [-0.2, -0.15) is 22.8 Å². The maximum absolute atomic E-state index is 12.5. The van der Waals surface area contributed by atoms with Gasteiger partial charge in [0.15, 0.2) is 0 Å². The first-order valence-electron chi connectivity index (χ1n) is 4.28.